The van der Waals surface area contributed by atoms with Crippen LogP contribution in [0, 0.1) is 5.41 Å². The minimum absolute atomic E-state index is 0.0407. The van der Waals surface area contributed by atoms with Gasteiger partial charge in [-0.3, -0.25) is 4.79 Å². The first-order chi connectivity index (χ1) is 9.62. The predicted molar refractivity (Wildman–Crippen MR) is 82.7 cm³/mol. The molecule has 1 aromatic rings. The molecule has 0 aliphatic carbocycles. The van der Waals surface area contributed by atoms with Gasteiger partial charge in [0.1, 0.15) is 17.1 Å². The smallest absolute Gasteiger partial charge is 0.225 e. The Balaban J connectivity index is 2.35. The number of nitrogens with one attached hydrogen (secondary N) is 1. The second kappa shape index (κ2) is 5.24. The van der Waals surface area contributed by atoms with Crippen LogP contribution in [0.3, 0.4) is 0 Å². The fourth-order valence-electron chi connectivity index (χ4n) is 2.46. The molecule has 0 spiro atoms. The van der Waals surface area contributed by atoms with Gasteiger partial charge >= 0.3 is 0 Å². The third-order valence-electron chi connectivity index (χ3n) is 3.66. The number of methoxy groups -OCH3 is 1. The molecule has 0 radical (unpaired) electrons. The van der Waals surface area contributed by atoms with Crippen LogP contribution < -0.4 is 14.8 Å². The highest BCUT2D eigenvalue weighted by Crippen LogP contribution is 2.41. The van der Waals surface area contributed by atoms with Gasteiger partial charge in [-0.05, 0) is 32.0 Å². The van der Waals surface area contributed by atoms with Crippen molar-refractivity contribution in [1.29, 1.82) is 0 Å². The van der Waals surface area contributed by atoms with Crippen LogP contribution in [0.4, 0.5) is 0 Å². The first-order valence-corrected chi connectivity index (χ1v) is 7.30. The first kappa shape index (κ1) is 15.7. The Morgan fingerprint density at radius 1 is 1.38 bits per heavy atom. The maximum atomic E-state index is 12.3. The lowest BCUT2D eigenvalue weighted by molar-refractivity contribution is -0.129. The molecule has 0 aromatic heterocycles. The van der Waals surface area contributed by atoms with E-state index in [0.29, 0.717) is 0 Å². The molecule has 0 saturated heterocycles. The van der Waals surface area contributed by atoms with Gasteiger partial charge in [-0.2, -0.15) is 0 Å². The third-order valence-corrected chi connectivity index (χ3v) is 3.66. The van der Waals surface area contributed by atoms with E-state index in [-0.39, 0.29) is 17.6 Å². The van der Waals surface area contributed by atoms with E-state index in [4.69, 9.17) is 9.47 Å². The topological polar surface area (TPSA) is 47.6 Å². The Bertz CT molecular complexity index is 543. The quantitative estimate of drug-likeness (QED) is 0.907. The van der Waals surface area contributed by atoms with Crippen molar-refractivity contribution >= 4 is 5.91 Å². The number of carbonyl (C=O) groups is 1. The van der Waals surface area contributed by atoms with Crippen LogP contribution >= 0.6 is 0 Å². The van der Waals surface area contributed by atoms with Crippen LogP contribution in [0.5, 0.6) is 11.5 Å². The summed E-state index contributed by atoms with van der Waals surface area (Å²) in [7, 11) is 1.64. The molecule has 1 amide bonds. The van der Waals surface area contributed by atoms with E-state index in [1.54, 1.807) is 7.11 Å². The lowest BCUT2D eigenvalue weighted by Crippen LogP contribution is -2.44. The van der Waals surface area contributed by atoms with Crippen molar-refractivity contribution in [3.63, 3.8) is 0 Å². The maximum Gasteiger partial charge on any atom is 0.225 e. The number of benzene rings is 1. The number of hydrogen-bond acceptors (Lipinski definition) is 3. The van der Waals surface area contributed by atoms with Gasteiger partial charge in [-0.25, -0.2) is 0 Å². The van der Waals surface area contributed by atoms with Crippen molar-refractivity contribution in [3.8, 4) is 11.5 Å². The zero-order chi connectivity index (χ0) is 15.8. The molecule has 4 heteroatoms. The SMILES string of the molecule is COc1ccc2c(c1)C(NC(=O)C(C)(C)C)CC(C)(C)O2. The van der Waals surface area contributed by atoms with Crippen molar-refractivity contribution in [2.45, 2.75) is 52.7 Å². The zero-order valence-corrected chi connectivity index (χ0v) is 13.7. The van der Waals surface area contributed by atoms with E-state index in [1.165, 1.54) is 0 Å². The van der Waals surface area contributed by atoms with Crippen LogP contribution in [0.15, 0.2) is 18.2 Å². The number of rotatable bonds is 2. The number of carbonyl (C=O) groups excluding carboxylic acids is 1. The molecule has 0 bridgehead atoms. The fourth-order valence-corrected chi connectivity index (χ4v) is 2.46. The molecule has 1 aliphatic heterocycles. The molecule has 1 aliphatic rings. The van der Waals surface area contributed by atoms with Gasteiger partial charge in [0.25, 0.3) is 0 Å². The first-order valence-electron chi connectivity index (χ1n) is 7.30. The van der Waals surface area contributed by atoms with Crippen molar-refractivity contribution in [1.82, 2.24) is 5.32 Å². The largest absolute Gasteiger partial charge is 0.497 e. The average Bonchev–Trinajstić information content (AvgIpc) is 2.36. The van der Waals surface area contributed by atoms with Gasteiger partial charge in [0.15, 0.2) is 0 Å². The molecule has 0 fully saturated rings. The van der Waals surface area contributed by atoms with Gasteiger partial charge in [0.2, 0.25) is 5.91 Å². The molecule has 1 N–H and O–H groups in total. The molecule has 1 heterocycles. The van der Waals surface area contributed by atoms with Crippen LogP contribution in [0.1, 0.15) is 52.6 Å². The van der Waals surface area contributed by atoms with Gasteiger partial charge < -0.3 is 14.8 Å². The number of fused-ring (bicyclic) bond motifs is 1. The monoisotopic (exact) mass is 291 g/mol. The van der Waals surface area contributed by atoms with Crippen molar-refractivity contribution in [2.75, 3.05) is 7.11 Å². The summed E-state index contributed by atoms with van der Waals surface area (Å²) in [6.45, 7) is 9.82. The van der Waals surface area contributed by atoms with Gasteiger partial charge in [-0.1, -0.05) is 20.8 Å². The van der Waals surface area contributed by atoms with Crippen LogP contribution in [-0.2, 0) is 4.79 Å². The summed E-state index contributed by atoms with van der Waals surface area (Å²) in [6.07, 6.45) is 0.731. The molecule has 4 nitrogen and oxygen atoms in total. The summed E-state index contributed by atoms with van der Waals surface area (Å²) in [6, 6.07) is 5.66. The zero-order valence-electron chi connectivity index (χ0n) is 13.7. The lowest BCUT2D eigenvalue weighted by atomic mass is 9.88. The predicted octanol–water partition coefficient (Wildman–Crippen LogP) is 3.46. The highest BCUT2D eigenvalue weighted by Gasteiger charge is 2.36. The van der Waals surface area contributed by atoms with E-state index in [1.807, 2.05) is 52.8 Å². The van der Waals surface area contributed by atoms with Crippen molar-refractivity contribution in [3.05, 3.63) is 23.8 Å². The molecular formula is C17H25NO3. The highest BCUT2D eigenvalue weighted by molar-refractivity contribution is 5.82. The maximum absolute atomic E-state index is 12.3. The Kier molecular flexibility index (Phi) is 3.91. The van der Waals surface area contributed by atoms with E-state index >= 15 is 0 Å². The van der Waals surface area contributed by atoms with Crippen LogP contribution in [-0.4, -0.2) is 18.6 Å². The van der Waals surface area contributed by atoms with Gasteiger partial charge in [-0.15, -0.1) is 0 Å². The second-order valence-corrected chi connectivity index (χ2v) is 7.25. The lowest BCUT2D eigenvalue weighted by Gasteiger charge is -2.38. The Hall–Kier alpha value is -1.71. The second-order valence-electron chi connectivity index (χ2n) is 7.25. The summed E-state index contributed by atoms with van der Waals surface area (Å²) in [5, 5.41) is 3.15. The van der Waals surface area contributed by atoms with Gasteiger partial charge in [0.05, 0.1) is 13.2 Å². The average molecular weight is 291 g/mol. The van der Waals surface area contributed by atoms with E-state index in [9.17, 15) is 4.79 Å². The summed E-state index contributed by atoms with van der Waals surface area (Å²) in [5.74, 6) is 1.62. The Labute approximate surface area is 126 Å². The van der Waals surface area contributed by atoms with Gasteiger partial charge in [0, 0.05) is 17.4 Å². The number of ether oxygens (including phenoxy) is 2. The summed E-state index contributed by atoms with van der Waals surface area (Å²) in [5.41, 5.74) is 0.255. The fraction of sp³-hybridized carbons (Fsp3) is 0.588. The third kappa shape index (κ3) is 3.49. The molecular weight excluding hydrogens is 266 g/mol. The normalized spacial score (nSPS) is 20.2. The van der Waals surface area contributed by atoms with Crippen molar-refractivity contribution in [2.24, 2.45) is 5.41 Å². The van der Waals surface area contributed by atoms with E-state index in [2.05, 4.69) is 5.32 Å². The highest BCUT2D eigenvalue weighted by atomic mass is 16.5. The minimum Gasteiger partial charge on any atom is -0.497 e. The molecule has 0 saturated carbocycles. The molecule has 2 rings (SSSR count). The Morgan fingerprint density at radius 3 is 2.62 bits per heavy atom. The summed E-state index contributed by atoms with van der Waals surface area (Å²) < 4.78 is 11.3. The van der Waals surface area contributed by atoms with Crippen LogP contribution in [0.2, 0.25) is 0 Å². The number of hydrogen-bond donors (Lipinski definition) is 1. The standard InChI is InChI=1S/C17H25NO3/c1-16(2,3)15(19)18-13-10-17(4,5)21-14-8-7-11(20-6)9-12(13)14/h7-9,13H,10H2,1-6H3,(H,18,19). The molecule has 116 valence electrons. The summed E-state index contributed by atoms with van der Waals surface area (Å²) in [4.78, 5) is 12.3. The van der Waals surface area contributed by atoms with E-state index in [0.717, 1.165) is 23.5 Å². The summed E-state index contributed by atoms with van der Waals surface area (Å²) >= 11 is 0. The Morgan fingerprint density at radius 2 is 2.05 bits per heavy atom. The minimum atomic E-state index is -0.415. The molecule has 1 atom stereocenters. The van der Waals surface area contributed by atoms with E-state index < -0.39 is 5.41 Å². The van der Waals surface area contributed by atoms with Crippen molar-refractivity contribution < 1.29 is 14.3 Å². The van der Waals surface area contributed by atoms with Crippen LogP contribution in [0.25, 0.3) is 0 Å². The molecule has 21 heavy (non-hydrogen) atoms. The number of amides is 1. The molecule has 1 unspecified atom stereocenters. The molecule has 1 aromatic carbocycles.